The van der Waals surface area contributed by atoms with Crippen molar-refractivity contribution in [1.29, 1.82) is 0 Å². The Morgan fingerprint density at radius 3 is 1.28 bits per heavy atom. The third kappa shape index (κ3) is 35.5. The van der Waals surface area contributed by atoms with Crippen molar-refractivity contribution in [2.75, 3.05) is 100 Å². The average molecular weight is 2020 g/mol. The Kier molecular flexibility index (Phi) is 45.8. The normalized spacial score (nSPS) is 10.3. The first-order chi connectivity index (χ1) is 55.1. The van der Waals surface area contributed by atoms with Gasteiger partial charge in [0.05, 0.1) is 82.2 Å². The van der Waals surface area contributed by atoms with Crippen LogP contribution in [-0.4, -0.2) is 192 Å². The van der Waals surface area contributed by atoms with Gasteiger partial charge in [0.1, 0.15) is 24.4 Å². The number of anilines is 6. The lowest BCUT2D eigenvalue weighted by atomic mass is 10.2. The molecule has 118 heavy (non-hydrogen) atoms. The number of hydrogen-bond acceptors (Lipinski definition) is 24. The van der Waals surface area contributed by atoms with Crippen molar-refractivity contribution in [3.63, 3.8) is 0 Å². The van der Waals surface area contributed by atoms with Gasteiger partial charge in [0.25, 0.3) is 20.0 Å². The molecular weight excluding hydrogens is 1950 g/mol. The highest BCUT2D eigenvalue weighted by molar-refractivity contribution is 9.11. The summed E-state index contributed by atoms with van der Waals surface area (Å²) in [6.07, 6.45) is 0. The highest BCUT2D eigenvalue weighted by Gasteiger charge is 2.29. The summed E-state index contributed by atoms with van der Waals surface area (Å²) in [5.74, 6) is -4.84. The van der Waals surface area contributed by atoms with E-state index < -0.39 is 76.9 Å². The number of hydroxylamine groups is 4. The molecule has 8 amide bonds. The molecule has 0 saturated carbocycles. The highest BCUT2D eigenvalue weighted by atomic mass is 79.9. The van der Waals surface area contributed by atoms with Gasteiger partial charge in [-0.3, -0.25) is 19.9 Å². The Morgan fingerprint density at radius 1 is 0.525 bits per heavy atom. The number of ether oxygens (including phenoxy) is 2. The number of urea groups is 4. The van der Waals surface area contributed by atoms with E-state index in [-0.39, 0.29) is 95.2 Å². The maximum atomic E-state index is 12.5. The van der Waals surface area contributed by atoms with Gasteiger partial charge < -0.3 is 56.9 Å². The molecule has 0 bridgehead atoms. The first-order valence-electron chi connectivity index (χ1n) is 31.9. The van der Waals surface area contributed by atoms with Crippen LogP contribution in [0.4, 0.5) is 53.8 Å². The number of methoxy groups -OCH3 is 2. The van der Waals surface area contributed by atoms with Gasteiger partial charge in [-0.1, -0.05) is 159 Å². The van der Waals surface area contributed by atoms with Crippen molar-refractivity contribution in [3.05, 3.63) is 205 Å². The molecule has 8 rings (SSSR count). The average Bonchev–Trinajstić information content (AvgIpc) is 0.804. The van der Waals surface area contributed by atoms with Gasteiger partial charge in [-0.05, 0) is 138 Å². The van der Waals surface area contributed by atoms with E-state index in [1.165, 1.54) is 103 Å². The van der Waals surface area contributed by atoms with Crippen molar-refractivity contribution in [3.8, 4) is 11.8 Å². The van der Waals surface area contributed by atoms with Crippen LogP contribution in [0.25, 0.3) is 0 Å². The molecule has 50 heteroatoms. The Bertz CT molecular complexity index is 5050. The van der Waals surface area contributed by atoms with E-state index in [1.54, 1.807) is 64.5 Å². The molecule has 0 spiro atoms. The number of nitrogens with two attached hydrogens (primary N) is 2. The molecule has 0 aliphatic heterocycles. The van der Waals surface area contributed by atoms with Gasteiger partial charge in [0.15, 0.2) is 0 Å². The summed E-state index contributed by atoms with van der Waals surface area (Å²) in [5, 5.41) is 47.1. The molecular formula is C68H70Br2Cl9N15O20S4. The predicted molar refractivity (Wildman–Crippen MR) is 467 cm³/mol. The van der Waals surface area contributed by atoms with Crippen molar-refractivity contribution in [2.45, 2.75) is 30.6 Å². The summed E-state index contributed by atoms with van der Waals surface area (Å²) in [7, 11) is -0.414. The molecule has 0 unspecified atom stereocenters. The summed E-state index contributed by atoms with van der Waals surface area (Å²) in [5.41, 5.74) is 11.2. The summed E-state index contributed by atoms with van der Waals surface area (Å²) in [4.78, 5) is 117. The number of aromatic carboxylic acids is 4. The number of nitrogens with zero attached hydrogens (tertiary/aromatic N) is 8. The Balaban J connectivity index is 0.000000479. The third-order valence-corrected chi connectivity index (χ3v) is 22.3. The van der Waals surface area contributed by atoms with E-state index in [1.807, 2.05) is 0 Å². The number of benzene rings is 6. The maximum absolute atomic E-state index is 12.5. The first kappa shape index (κ1) is 105. The van der Waals surface area contributed by atoms with Crippen molar-refractivity contribution in [1.82, 2.24) is 44.4 Å². The molecule has 0 aliphatic carbocycles. The van der Waals surface area contributed by atoms with E-state index in [0.29, 0.717) is 32.2 Å². The Hall–Kier alpha value is -8.99. The third-order valence-electron chi connectivity index (χ3n) is 13.5. The number of rotatable bonds is 21. The number of carbonyl (C=O) groups is 8. The lowest BCUT2D eigenvalue weighted by Crippen LogP contribution is -2.44. The zero-order valence-corrected chi connectivity index (χ0v) is 75.7. The van der Waals surface area contributed by atoms with Gasteiger partial charge >= 0.3 is 48.0 Å². The van der Waals surface area contributed by atoms with Gasteiger partial charge in [0, 0.05) is 87.0 Å². The summed E-state index contributed by atoms with van der Waals surface area (Å²) in [6, 6.07) is 24.9. The lowest BCUT2D eigenvalue weighted by Gasteiger charge is -2.20. The van der Waals surface area contributed by atoms with E-state index in [0.717, 1.165) is 65.6 Å². The Labute approximate surface area is 747 Å². The van der Waals surface area contributed by atoms with Crippen LogP contribution in [0.15, 0.2) is 152 Å². The van der Waals surface area contributed by atoms with E-state index in [9.17, 15) is 55.2 Å². The lowest BCUT2D eigenvalue weighted by molar-refractivity contribution is -0.0598. The molecule has 35 nitrogen and oxygen atoms in total. The van der Waals surface area contributed by atoms with Gasteiger partial charge in [0.2, 0.25) is 23.7 Å². The van der Waals surface area contributed by atoms with Gasteiger partial charge in [-0.25, -0.2) is 84.7 Å². The highest BCUT2D eigenvalue weighted by Crippen LogP contribution is 2.31. The number of nitrogens with one attached hydrogen (secondary N) is 5. The molecule has 6 aromatic carbocycles. The fourth-order valence-corrected chi connectivity index (χ4v) is 13.4. The minimum Gasteiger partial charge on any atom is -0.481 e. The number of hydrogen-bond donors (Lipinski definition) is 11. The van der Waals surface area contributed by atoms with E-state index >= 15 is 0 Å². The van der Waals surface area contributed by atoms with Crippen LogP contribution in [0, 0.1) is 0 Å². The molecule has 638 valence electrons. The number of thiocarbonyl (C=S) groups is 1. The largest absolute Gasteiger partial charge is 0.481 e. The molecule has 8 aromatic rings. The molecule has 0 atom stereocenters. The number of halogens is 11. The van der Waals surface area contributed by atoms with Crippen LogP contribution < -0.4 is 51.2 Å². The van der Waals surface area contributed by atoms with Crippen molar-refractivity contribution >= 4 is 267 Å². The predicted octanol–water partition coefficient (Wildman–Crippen LogP) is 17.0. The van der Waals surface area contributed by atoms with Crippen molar-refractivity contribution < 1.29 is 94.8 Å². The maximum Gasteiger partial charge on any atom is 0.345 e. The summed E-state index contributed by atoms with van der Waals surface area (Å²) < 4.78 is 65.2. The molecule has 0 fully saturated rings. The number of aromatic nitrogens is 4. The molecule has 13 N–H and O–H groups in total. The molecule has 2 heterocycles. The van der Waals surface area contributed by atoms with Crippen LogP contribution in [0.1, 0.15) is 62.2 Å². The van der Waals surface area contributed by atoms with Crippen LogP contribution in [0.3, 0.4) is 0 Å². The quantitative estimate of drug-likeness (QED) is 0.0138. The SMILES string of the molecule is C=C(Cl)CSC(=S)N(CC)CC.CCN(C(=O)NS(=O)(=O)c1ccccc1C(=O)O)c1nc(Cl)cc(OC)n1.CON(C)C(=O)Nc1ccc(Br)c(Cl)c1.CON(C)C(=O)Nc1ccc(Br)c(Cl)c1.COc1cc(Cl)nc(NC(=O)NS(=O)(=O)c2ccccc2C(=O)O)n1.Nc1cc(Cl)cc(C(=O)O)c1Cl.Nc1cc(Cl)cc(C(=O)O)c1Cl. The van der Waals surface area contributed by atoms with Crippen molar-refractivity contribution in [2.24, 2.45) is 0 Å². The van der Waals surface area contributed by atoms with Gasteiger partial charge in [-0.2, -0.15) is 9.97 Å². The number of carboxylic acids is 4. The molecule has 2 aromatic heterocycles. The van der Waals surface area contributed by atoms with Crippen LogP contribution in [0.5, 0.6) is 11.8 Å². The van der Waals surface area contributed by atoms with E-state index in [4.69, 9.17) is 168 Å². The second-order valence-corrected chi connectivity index (χ2v) is 31.8. The second kappa shape index (κ2) is 51.5. The van der Waals surface area contributed by atoms with Gasteiger partial charge in [-0.15, -0.1) is 0 Å². The minimum atomic E-state index is -4.47. The fourth-order valence-electron chi connectivity index (χ4n) is 7.79. The fraction of sp³-hybridized carbons (Fsp3) is 0.191. The molecule has 0 saturated heterocycles. The number of carbonyl (C=O) groups excluding carboxylic acids is 4. The molecule has 0 radical (unpaired) electrons. The number of sulfonamides is 2. The smallest absolute Gasteiger partial charge is 0.345 e. The zero-order valence-electron chi connectivity index (χ0n) is 62.4. The topological polar surface area (TPSA) is 499 Å². The van der Waals surface area contributed by atoms with Crippen LogP contribution in [-0.2, 0) is 29.7 Å². The van der Waals surface area contributed by atoms with Crippen LogP contribution >= 0.6 is 160 Å². The number of carboxylic acid groups (broad SMARTS) is 4. The number of amides is 8. The first-order valence-corrected chi connectivity index (χ1v) is 41.3. The monoisotopic (exact) mass is 2020 g/mol. The second-order valence-electron chi connectivity index (χ2n) is 21.5. The Morgan fingerprint density at radius 2 is 0.915 bits per heavy atom. The van der Waals surface area contributed by atoms with E-state index in [2.05, 4.69) is 93.1 Å². The number of thioether (sulfide) groups is 1. The zero-order chi connectivity index (χ0) is 89.8. The number of nitrogen functional groups attached to an aromatic ring is 2. The standard InChI is InChI=1S/C15H15ClN4O6S.C13H11ClN4O6S.2C9H10BrClN2O2.C8H14ClNS2.2C7H5Cl2NO2/c1-3-20(14-17-11(16)8-12(18-14)26-2)15(23)19-27(24,25)10-7-5-4-6-9(10)13(21)22;1-24-10-6-9(14)15-12(16-10)17-13(21)18-25(22,23)8-5-3-2-4-7(8)11(19)20;2*1-13(15-2)9(14)12-6-3-4-7(10)8(11)5-6;1-4-10(5-2)8(11)12-6-7(3)9;2*8-3-1-4(7(11)12)6(9)5(10)2-3/h4-8H,3H2,1-2H3,(H,19,23)(H,21,22);2-6H,1H3,(H,19,20)(H2,15,16,17,18,21);2*3-5H,1-2H3,(H,12,14);3-6H2,1-2H3;2*1-2H,10H2,(H,11,12). The molecule has 0 aliphatic rings. The minimum absolute atomic E-state index is 0.00538. The van der Waals surface area contributed by atoms with Crippen LogP contribution in [0.2, 0.25) is 40.4 Å². The summed E-state index contributed by atoms with van der Waals surface area (Å²) in [6.45, 7) is 11.3. The summed E-state index contributed by atoms with van der Waals surface area (Å²) >= 11 is 64.5.